The molecule has 11 aromatic rings. The van der Waals surface area contributed by atoms with Crippen LogP contribution in [-0.4, -0.2) is 117 Å². The van der Waals surface area contributed by atoms with Gasteiger partial charge < -0.3 is 36.6 Å². The van der Waals surface area contributed by atoms with E-state index >= 15 is 0 Å². The number of nitriles is 1. The first-order valence-corrected chi connectivity index (χ1v) is 33.4. The van der Waals surface area contributed by atoms with Crippen molar-refractivity contribution in [2.24, 2.45) is 11.8 Å². The summed E-state index contributed by atoms with van der Waals surface area (Å²) >= 11 is 3.24. The lowest BCUT2D eigenvalue weighted by Crippen LogP contribution is -2.38. The van der Waals surface area contributed by atoms with Crippen LogP contribution in [0.2, 0.25) is 0 Å². The number of carbonyl (C=O) groups excluding carboxylic acids is 4. The number of nitrogens with two attached hydrogens (primary N) is 2. The van der Waals surface area contributed by atoms with Gasteiger partial charge in [0.15, 0.2) is 6.19 Å². The van der Waals surface area contributed by atoms with E-state index in [2.05, 4.69) is 86.9 Å². The van der Waals surface area contributed by atoms with E-state index in [1.54, 1.807) is 70.7 Å². The number of carbonyl (C=O) groups is 4. The normalized spacial score (nSPS) is 13.2. The van der Waals surface area contributed by atoms with Gasteiger partial charge in [0.1, 0.15) is 40.5 Å². The maximum atomic E-state index is 13.0. The number of nitrogens with zero attached hydrogens (tertiary/aromatic N) is 11. The van der Waals surface area contributed by atoms with E-state index in [-0.39, 0.29) is 29.7 Å². The Hall–Kier alpha value is -12.2. The van der Waals surface area contributed by atoms with Gasteiger partial charge in [0, 0.05) is 89.0 Å². The first-order valence-electron chi connectivity index (χ1n) is 32.6. The van der Waals surface area contributed by atoms with Crippen molar-refractivity contribution < 1.29 is 23.9 Å². The molecule has 0 unspecified atom stereocenters. The predicted molar refractivity (Wildman–Crippen MR) is 406 cm³/mol. The number of ether oxygens (including phenoxy) is 1. The number of rotatable bonds is 12. The van der Waals surface area contributed by atoms with Gasteiger partial charge in [0.2, 0.25) is 18.2 Å². The second-order valence-electron chi connectivity index (χ2n) is 24.1. The first kappa shape index (κ1) is 74.6. The molecule has 13 rings (SSSR count). The fraction of sp³-hybridized carbons (Fsp3) is 0.188. The van der Waals surface area contributed by atoms with Crippen LogP contribution in [0.5, 0.6) is 0 Å². The lowest BCUT2D eigenvalue weighted by molar-refractivity contribution is -0.122. The average Bonchev–Trinajstić information content (AvgIpc) is 1.80. The molecule has 2 fully saturated rings. The maximum absolute atomic E-state index is 13.0. The number of halogens is 1. The van der Waals surface area contributed by atoms with Crippen LogP contribution in [-0.2, 0) is 19.1 Å². The van der Waals surface area contributed by atoms with Crippen LogP contribution in [0.1, 0.15) is 33.6 Å². The molecule has 0 aliphatic carbocycles. The van der Waals surface area contributed by atoms with E-state index < -0.39 is 5.60 Å². The topological polar surface area (TPSA) is 268 Å². The van der Waals surface area contributed by atoms with Crippen LogP contribution in [0, 0.1) is 23.3 Å². The minimum absolute atomic E-state index is 0.0143. The maximum Gasteiger partial charge on any atom is 0.410 e. The van der Waals surface area contributed by atoms with Gasteiger partial charge in [-0.2, -0.15) is 5.26 Å². The number of pyridine rings is 6. The molecule has 0 radical (unpaired) electrons. The predicted octanol–water partition coefficient (Wildman–Crippen LogP) is 15.3. The molecule has 6 N–H and O–H groups in total. The first-order chi connectivity index (χ1) is 48.9. The fourth-order valence-electron chi connectivity index (χ4n) is 10.5. The van der Waals surface area contributed by atoms with Crippen molar-refractivity contribution in [1.82, 2.24) is 39.7 Å². The summed E-state index contributed by atoms with van der Waals surface area (Å²) in [6.07, 6.45) is 14.0. The number of hydrogen-bond donors (Lipinski definition) is 4. The highest BCUT2D eigenvalue weighted by Gasteiger charge is 2.36. The molecule has 514 valence electrons. The third kappa shape index (κ3) is 23.5. The quantitative estimate of drug-likeness (QED) is 0.0654. The number of nitrogen functional groups attached to an aromatic ring is 2. The zero-order chi connectivity index (χ0) is 71.9. The molecule has 4 amide bonds. The minimum Gasteiger partial charge on any atom is -0.444 e. The van der Waals surface area contributed by atoms with Crippen LogP contribution in [0.25, 0.3) is 55.6 Å². The van der Waals surface area contributed by atoms with Crippen molar-refractivity contribution in [3.05, 3.63) is 266 Å². The molecule has 2 aliphatic rings. The largest absolute Gasteiger partial charge is 0.444 e. The van der Waals surface area contributed by atoms with Crippen LogP contribution in [0.3, 0.4) is 0 Å². The molecule has 101 heavy (non-hydrogen) atoms. The molecule has 0 spiro atoms. The number of nitrogens with one attached hydrogen (secondary N) is 2. The van der Waals surface area contributed by atoms with Gasteiger partial charge in [-0.15, -0.1) is 0 Å². The fourth-order valence-corrected chi connectivity index (χ4v) is 10.9. The summed E-state index contributed by atoms with van der Waals surface area (Å²) in [7, 11) is 5.35. The lowest BCUT2D eigenvalue weighted by atomic mass is 10.1. The summed E-state index contributed by atoms with van der Waals surface area (Å²) < 4.78 is 6.37. The Kier molecular flexibility index (Phi) is 28.2. The van der Waals surface area contributed by atoms with Crippen LogP contribution >= 0.6 is 15.9 Å². The van der Waals surface area contributed by atoms with Crippen molar-refractivity contribution in [3.8, 4) is 61.8 Å². The number of anilines is 6. The zero-order valence-electron chi connectivity index (χ0n) is 57.3. The Balaban J connectivity index is 0.000000160. The smallest absolute Gasteiger partial charge is 0.410 e. The second-order valence-corrected chi connectivity index (χ2v) is 25.0. The lowest BCUT2D eigenvalue weighted by Gasteiger charge is -2.25. The van der Waals surface area contributed by atoms with Gasteiger partial charge in [-0.05, 0) is 162 Å². The monoisotopic (exact) mass is 1410 g/mol. The summed E-state index contributed by atoms with van der Waals surface area (Å²) in [6.45, 7) is 7.55. The third-order valence-corrected chi connectivity index (χ3v) is 16.2. The molecule has 2 atom stereocenters. The Morgan fingerprint density at radius 2 is 0.871 bits per heavy atom. The number of aromatic nitrogens is 6. The summed E-state index contributed by atoms with van der Waals surface area (Å²) in [5, 5.41) is 14.5. The Labute approximate surface area is 598 Å². The summed E-state index contributed by atoms with van der Waals surface area (Å²) in [4.78, 5) is 79.1. The highest BCUT2D eigenvalue weighted by atomic mass is 79.9. The molecule has 0 saturated carbocycles. The van der Waals surface area contributed by atoms with E-state index in [9.17, 15) is 19.2 Å². The van der Waals surface area contributed by atoms with Gasteiger partial charge in [-0.3, -0.25) is 24.2 Å². The molecule has 8 heterocycles. The van der Waals surface area contributed by atoms with Crippen LogP contribution in [0.15, 0.2) is 266 Å². The third-order valence-electron chi connectivity index (χ3n) is 15.8. The van der Waals surface area contributed by atoms with Crippen molar-refractivity contribution in [2.45, 2.75) is 39.2 Å². The van der Waals surface area contributed by atoms with Gasteiger partial charge >= 0.3 is 6.09 Å². The number of hydrogen-bond acceptors (Lipinski definition) is 16. The molecule has 2 aliphatic heterocycles. The van der Waals surface area contributed by atoms with E-state index in [0.717, 1.165) is 61.2 Å². The molecular formula is C80H82BrN15O5. The molecule has 20 nitrogen and oxygen atoms in total. The Morgan fingerprint density at radius 3 is 1.25 bits per heavy atom. The summed E-state index contributed by atoms with van der Waals surface area (Å²) in [5.41, 5.74) is 21.4. The highest BCUT2D eigenvalue weighted by molar-refractivity contribution is 9.10. The molecule has 21 heteroatoms. The SMILES string of the molecule is CN(C(=O)[C@H]1CCN(C#N)C1)c1cc(-c2ccccc2)ccn1.CN(C(=O)[C@H]1CCN(C(=O)OC(C)(C)C)C1)c1cc(-c2ccccc2)ccn1.CNc1cc(-c2ccccc2)ccn1.Nc1cc(-c2ccccc2)ccn1.Nc1cc(Br)ccn1.O=CNc1cc(-c2ccccc2)ccn1. The summed E-state index contributed by atoms with van der Waals surface area (Å²) in [6, 6.07) is 73.2. The second kappa shape index (κ2) is 38.1. The molecule has 6 aromatic heterocycles. The average molecular weight is 1410 g/mol. The molecule has 0 bridgehead atoms. The molecule has 2 saturated heterocycles. The van der Waals surface area contributed by atoms with Gasteiger partial charge in [0.05, 0.1) is 11.8 Å². The van der Waals surface area contributed by atoms with Gasteiger partial charge in [-0.1, -0.05) is 168 Å². The van der Waals surface area contributed by atoms with Crippen LogP contribution in [0.4, 0.5) is 39.7 Å². The van der Waals surface area contributed by atoms with E-state index in [1.165, 1.54) is 11.1 Å². The van der Waals surface area contributed by atoms with E-state index in [4.69, 9.17) is 21.5 Å². The number of benzene rings is 5. The van der Waals surface area contributed by atoms with Crippen molar-refractivity contribution in [1.29, 1.82) is 5.26 Å². The van der Waals surface area contributed by atoms with Crippen molar-refractivity contribution >= 4 is 75.2 Å². The number of amides is 4. The Morgan fingerprint density at radius 1 is 0.505 bits per heavy atom. The van der Waals surface area contributed by atoms with Crippen LogP contribution < -0.4 is 31.9 Å². The standard InChI is InChI=1S/C22H27N3O3.C18H18N4O.C12H10N2O.C12H12N2.C11H10N2.C5H5BrN2/c1-22(2,3)28-21(27)25-13-11-18(15-25)20(26)24(4)19-14-17(10-12-23-19)16-8-6-5-7-9-16;1-21(18(23)16-8-10-22(12-16)13-19)17-11-15(7-9-20-17)14-5-3-2-4-6-14;15-9-14-12-8-11(6-7-13-12)10-4-2-1-3-5-10;1-13-12-9-11(7-8-14-12)10-5-3-2-4-6-10;12-11-8-10(6-7-13-11)9-4-2-1-3-5-9;6-4-1-2-8-5(7)3-4/h5-10,12,14,18H,11,13,15H2,1-4H3;2-7,9,11,16H,8,10,12H2,1H3;1-9H,(H,13,14,15);2-9H,1H3,(H,13,14);1-8H,(H2,12,13);1-3H,(H2,7,8)/t18-;16-;;;;/m00..../s1. The highest BCUT2D eigenvalue weighted by Crippen LogP contribution is 2.29. The van der Waals surface area contributed by atoms with Crippen molar-refractivity contribution in [3.63, 3.8) is 0 Å². The number of likely N-dealkylation sites (tertiary alicyclic amines) is 2. The summed E-state index contributed by atoms with van der Waals surface area (Å²) in [5.74, 6) is 3.37. The van der Waals surface area contributed by atoms with Gasteiger partial charge in [-0.25, -0.2) is 34.7 Å². The molecular weight excluding hydrogens is 1330 g/mol. The Bertz CT molecular complexity index is 4440. The van der Waals surface area contributed by atoms with E-state index in [1.807, 2.05) is 228 Å². The minimum atomic E-state index is -0.544. The van der Waals surface area contributed by atoms with Gasteiger partial charge in [0.25, 0.3) is 0 Å². The van der Waals surface area contributed by atoms with E-state index in [0.29, 0.717) is 68.1 Å². The van der Waals surface area contributed by atoms with Crippen molar-refractivity contribution in [2.75, 3.05) is 79.2 Å². The molecule has 5 aromatic carbocycles. The zero-order valence-corrected chi connectivity index (χ0v) is 58.9.